The van der Waals surface area contributed by atoms with E-state index in [4.69, 9.17) is 9.47 Å². The summed E-state index contributed by atoms with van der Waals surface area (Å²) in [5.74, 6) is 1.66. The predicted octanol–water partition coefficient (Wildman–Crippen LogP) is 2.60. The summed E-state index contributed by atoms with van der Waals surface area (Å²) in [6, 6.07) is 8.56. The van der Waals surface area contributed by atoms with Crippen LogP contribution < -0.4 is 14.8 Å². The minimum absolute atomic E-state index is 0.164. The van der Waals surface area contributed by atoms with Crippen molar-refractivity contribution >= 4 is 0 Å². The van der Waals surface area contributed by atoms with Crippen LogP contribution in [0.1, 0.15) is 26.7 Å². The van der Waals surface area contributed by atoms with Crippen molar-refractivity contribution in [2.45, 2.75) is 38.8 Å². The molecule has 0 aromatic heterocycles. The molecule has 1 aromatic carbocycles. The third-order valence-electron chi connectivity index (χ3n) is 2.75. The average Bonchev–Trinajstić information content (AvgIpc) is 3.13. The van der Waals surface area contributed by atoms with E-state index in [0.717, 1.165) is 24.1 Å². The van der Waals surface area contributed by atoms with Gasteiger partial charge in [-0.3, -0.25) is 0 Å². The molecular weight excluding hydrogens is 214 g/mol. The van der Waals surface area contributed by atoms with Gasteiger partial charge in [0, 0.05) is 12.6 Å². The van der Waals surface area contributed by atoms with Gasteiger partial charge in [-0.1, -0.05) is 12.1 Å². The molecule has 0 saturated heterocycles. The Morgan fingerprint density at radius 1 is 1.29 bits per heavy atom. The van der Waals surface area contributed by atoms with E-state index in [1.54, 1.807) is 0 Å². The maximum atomic E-state index is 5.89. The van der Waals surface area contributed by atoms with Crippen molar-refractivity contribution in [2.24, 2.45) is 0 Å². The van der Waals surface area contributed by atoms with Gasteiger partial charge in [0.25, 0.3) is 0 Å². The van der Waals surface area contributed by atoms with Gasteiger partial charge in [0.05, 0.1) is 6.61 Å². The lowest BCUT2D eigenvalue weighted by atomic mass is 10.3. The van der Waals surface area contributed by atoms with E-state index >= 15 is 0 Å². The summed E-state index contributed by atoms with van der Waals surface area (Å²) in [7, 11) is 0. The van der Waals surface area contributed by atoms with E-state index in [1.807, 2.05) is 31.2 Å². The molecule has 3 heteroatoms. The van der Waals surface area contributed by atoms with Gasteiger partial charge in [-0.05, 0) is 38.8 Å². The van der Waals surface area contributed by atoms with E-state index in [2.05, 4.69) is 12.2 Å². The van der Waals surface area contributed by atoms with Crippen molar-refractivity contribution in [1.29, 1.82) is 0 Å². The molecule has 0 amide bonds. The van der Waals surface area contributed by atoms with Crippen LogP contribution in [0.4, 0.5) is 0 Å². The minimum atomic E-state index is 0.164. The second-order valence-electron chi connectivity index (χ2n) is 4.49. The molecule has 0 spiro atoms. The van der Waals surface area contributed by atoms with Crippen molar-refractivity contribution in [1.82, 2.24) is 5.32 Å². The number of ether oxygens (including phenoxy) is 2. The molecule has 1 saturated carbocycles. The Hall–Kier alpha value is -1.22. The molecule has 1 aliphatic carbocycles. The molecule has 1 atom stereocenters. The normalized spacial score (nSPS) is 16.6. The lowest BCUT2D eigenvalue weighted by molar-refractivity contribution is 0.203. The van der Waals surface area contributed by atoms with Crippen molar-refractivity contribution in [3.05, 3.63) is 24.3 Å². The van der Waals surface area contributed by atoms with Crippen LogP contribution in [0.2, 0.25) is 0 Å². The van der Waals surface area contributed by atoms with Crippen LogP contribution in [-0.2, 0) is 0 Å². The third kappa shape index (κ3) is 3.93. The molecule has 2 rings (SSSR count). The quantitative estimate of drug-likeness (QED) is 0.788. The Morgan fingerprint density at radius 3 is 2.65 bits per heavy atom. The number of rotatable bonds is 7. The molecule has 1 fully saturated rings. The van der Waals surface area contributed by atoms with Gasteiger partial charge in [-0.25, -0.2) is 0 Å². The largest absolute Gasteiger partial charge is 0.490 e. The maximum absolute atomic E-state index is 5.89. The van der Waals surface area contributed by atoms with Gasteiger partial charge in [0.2, 0.25) is 0 Å². The van der Waals surface area contributed by atoms with Crippen LogP contribution in [0.5, 0.6) is 11.5 Å². The molecule has 0 heterocycles. The van der Waals surface area contributed by atoms with Crippen LogP contribution in [-0.4, -0.2) is 25.3 Å². The van der Waals surface area contributed by atoms with E-state index in [-0.39, 0.29) is 6.10 Å². The fourth-order valence-corrected chi connectivity index (χ4v) is 1.70. The summed E-state index contributed by atoms with van der Waals surface area (Å²) in [5.41, 5.74) is 0. The summed E-state index contributed by atoms with van der Waals surface area (Å²) in [4.78, 5) is 0. The monoisotopic (exact) mass is 235 g/mol. The second kappa shape index (κ2) is 5.92. The molecule has 0 aliphatic heterocycles. The van der Waals surface area contributed by atoms with E-state index in [1.165, 1.54) is 12.8 Å². The predicted molar refractivity (Wildman–Crippen MR) is 68.7 cm³/mol. The first-order valence-electron chi connectivity index (χ1n) is 6.41. The number of hydrogen-bond acceptors (Lipinski definition) is 3. The van der Waals surface area contributed by atoms with Gasteiger partial charge in [-0.15, -0.1) is 0 Å². The van der Waals surface area contributed by atoms with Crippen LogP contribution in [0.3, 0.4) is 0 Å². The van der Waals surface area contributed by atoms with E-state index in [0.29, 0.717) is 6.61 Å². The maximum Gasteiger partial charge on any atom is 0.161 e. The summed E-state index contributed by atoms with van der Waals surface area (Å²) < 4.78 is 11.4. The fourth-order valence-electron chi connectivity index (χ4n) is 1.70. The molecule has 17 heavy (non-hydrogen) atoms. The number of benzene rings is 1. The molecule has 1 aliphatic rings. The number of nitrogens with one attached hydrogen (secondary N) is 1. The van der Waals surface area contributed by atoms with Crippen molar-refractivity contribution in [3.8, 4) is 11.5 Å². The Labute approximate surface area is 103 Å². The van der Waals surface area contributed by atoms with E-state index < -0.39 is 0 Å². The Kier molecular flexibility index (Phi) is 4.26. The topological polar surface area (TPSA) is 30.5 Å². The van der Waals surface area contributed by atoms with Gasteiger partial charge in [-0.2, -0.15) is 0 Å². The summed E-state index contributed by atoms with van der Waals surface area (Å²) in [6.45, 7) is 5.62. The summed E-state index contributed by atoms with van der Waals surface area (Å²) in [5, 5.41) is 3.46. The highest BCUT2D eigenvalue weighted by molar-refractivity contribution is 5.39. The van der Waals surface area contributed by atoms with Crippen molar-refractivity contribution in [3.63, 3.8) is 0 Å². The fraction of sp³-hybridized carbons (Fsp3) is 0.571. The zero-order valence-electron chi connectivity index (χ0n) is 10.6. The van der Waals surface area contributed by atoms with E-state index in [9.17, 15) is 0 Å². The summed E-state index contributed by atoms with van der Waals surface area (Å²) >= 11 is 0. The van der Waals surface area contributed by atoms with Crippen LogP contribution in [0.15, 0.2) is 24.3 Å². The third-order valence-corrected chi connectivity index (χ3v) is 2.75. The number of hydrogen-bond donors (Lipinski definition) is 1. The Morgan fingerprint density at radius 2 is 2.00 bits per heavy atom. The van der Waals surface area contributed by atoms with Crippen LogP contribution in [0, 0.1) is 0 Å². The Bertz CT molecular complexity index is 350. The van der Waals surface area contributed by atoms with Crippen molar-refractivity contribution < 1.29 is 9.47 Å². The molecule has 1 aromatic rings. The average molecular weight is 235 g/mol. The van der Waals surface area contributed by atoms with Crippen LogP contribution >= 0.6 is 0 Å². The smallest absolute Gasteiger partial charge is 0.161 e. The molecular formula is C14H21NO2. The first kappa shape index (κ1) is 12.2. The second-order valence-corrected chi connectivity index (χ2v) is 4.49. The standard InChI is InChI=1S/C14H21NO2/c1-3-16-13-6-4-5-7-14(13)17-11(2)10-15-12-8-9-12/h4-7,11-12,15H,3,8-10H2,1-2H3. The highest BCUT2D eigenvalue weighted by Gasteiger charge is 2.21. The van der Waals surface area contributed by atoms with Gasteiger partial charge >= 0.3 is 0 Å². The highest BCUT2D eigenvalue weighted by Crippen LogP contribution is 2.27. The molecule has 94 valence electrons. The zero-order valence-corrected chi connectivity index (χ0v) is 10.6. The lowest BCUT2D eigenvalue weighted by Gasteiger charge is -2.17. The first-order valence-corrected chi connectivity index (χ1v) is 6.41. The van der Waals surface area contributed by atoms with Crippen molar-refractivity contribution in [2.75, 3.05) is 13.2 Å². The van der Waals surface area contributed by atoms with Crippen LogP contribution in [0.25, 0.3) is 0 Å². The molecule has 0 bridgehead atoms. The first-order chi connectivity index (χ1) is 8.29. The SMILES string of the molecule is CCOc1ccccc1OC(C)CNC1CC1. The molecule has 3 nitrogen and oxygen atoms in total. The minimum Gasteiger partial charge on any atom is -0.490 e. The van der Waals surface area contributed by atoms with Gasteiger partial charge < -0.3 is 14.8 Å². The molecule has 0 radical (unpaired) electrons. The summed E-state index contributed by atoms with van der Waals surface area (Å²) in [6.07, 6.45) is 2.78. The van der Waals surface area contributed by atoms with Gasteiger partial charge in [0.1, 0.15) is 6.10 Å². The molecule has 1 N–H and O–H groups in total. The lowest BCUT2D eigenvalue weighted by Crippen LogP contribution is -2.30. The van der Waals surface area contributed by atoms with Gasteiger partial charge in [0.15, 0.2) is 11.5 Å². The highest BCUT2D eigenvalue weighted by atomic mass is 16.5. The molecule has 1 unspecified atom stereocenters. The Balaban J connectivity index is 1.86. The zero-order chi connectivity index (χ0) is 12.1. The number of para-hydroxylation sites is 2.